The molecule has 0 spiro atoms. The Kier molecular flexibility index (Phi) is 19.9. The molecule has 0 aromatic heterocycles. The summed E-state index contributed by atoms with van der Waals surface area (Å²) in [6, 6.07) is 23.2. The van der Waals surface area contributed by atoms with Gasteiger partial charge in [-0.15, -0.1) is 29.7 Å². The Hall–Kier alpha value is -0.813. The molecule has 0 heterocycles. The Bertz CT molecular complexity index is 632. The smallest absolute Gasteiger partial charge is 1.00 e. The second kappa shape index (κ2) is 17.0. The van der Waals surface area contributed by atoms with Crippen LogP contribution in [-0.2, 0) is 25.8 Å². The first-order valence-electron chi connectivity index (χ1n) is 6.69. The van der Waals surface area contributed by atoms with Crippen molar-refractivity contribution >= 4 is 26.2 Å². The van der Waals surface area contributed by atoms with Crippen molar-refractivity contribution in [3.63, 3.8) is 0 Å². The van der Waals surface area contributed by atoms with Gasteiger partial charge in [0.1, 0.15) is 0 Å². The third-order valence-electron chi connectivity index (χ3n) is 2.58. The summed E-state index contributed by atoms with van der Waals surface area (Å²) >= 11 is 0. The van der Waals surface area contributed by atoms with E-state index in [1.807, 2.05) is 6.07 Å². The van der Waals surface area contributed by atoms with Crippen molar-refractivity contribution < 1.29 is 55.5 Å². The molecule has 0 unspecified atom stereocenters. The molecule has 0 atom stereocenters. The summed E-state index contributed by atoms with van der Waals surface area (Å²) in [5, 5.41) is 2.66. The number of carbonyl (C=O) groups excluding carboxylic acids is 1. The zero-order valence-electron chi connectivity index (χ0n) is 13.6. The summed E-state index contributed by atoms with van der Waals surface area (Å²) in [6.45, 7) is 4.31. The molecule has 3 aromatic rings. The van der Waals surface area contributed by atoms with E-state index in [1.54, 1.807) is 24.3 Å². The van der Waals surface area contributed by atoms with E-state index in [-0.39, 0.29) is 50.7 Å². The van der Waals surface area contributed by atoms with Crippen LogP contribution in [0.3, 0.4) is 0 Å². The van der Waals surface area contributed by atoms with Gasteiger partial charge in [0.05, 0.1) is 5.91 Å². The fraction of sp³-hybridized carbons (Fsp3) is 0.111. The summed E-state index contributed by atoms with van der Waals surface area (Å²) in [5.74, 6) is -0.629. The Labute approximate surface area is 178 Å². The SMILES string of the molecule is C[Si]C.[Cl-].[Cl-].[Hf+4].[NH-]C(=O)c1ccccc1.c1ccc2[cH-]ccc2c1. The van der Waals surface area contributed by atoms with Gasteiger partial charge in [-0.1, -0.05) is 49.5 Å². The number of fused-ring (bicyclic) bond motifs is 1. The topological polar surface area (TPSA) is 40.9 Å². The van der Waals surface area contributed by atoms with Gasteiger partial charge in [0.15, 0.2) is 0 Å². The van der Waals surface area contributed by atoms with E-state index in [0.29, 0.717) is 5.56 Å². The monoisotopic (exact) mass is 543 g/mol. The normalized spacial score (nSPS) is 7.92. The summed E-state index contributed by atoms with van der Waals surface area (Å²) in [4.78, 5) is 10.3. The molecule has 24 heavy (non-hydrogen) atoms. The molecule has 0 aliphatic carbocycles. The minimum absolute atomic E-state index is 0. The fourth-order valence-corrected chi connectivity index (χ4v) is 1.66. The van der Waals surface area contributed by atoms with E-state index < -0.39 is 5.91 Å². The van der Waals surface area contributed by atoms with Crippen LogP contribution in [0.15, 0.2) is 72.8 Å². The molecule has 0 saturated carbocycles. The minimum atomic E-state index is -0.629. The number of carbonyl (C=O) groups is 1. The fourth-order valence-electron chi connectivity index (χ4n) is 1.66. The maximum Gasteiger partial charge on any atom is 4.00 e. The molecule has 6 heteroatoms. The summed E-state index contributed by atoms with van der Waals surface area (Å²) < 4.78 is 0. The Morgan fingerprint density at radius 1 is 0.917 bits per heavy atom. The number of hydrogen-bond acceptors (Lipinski definition) is 1. The summed E-state index contributed by atoms with van der Waals surface area (Å²) in [6.07, 6.45) is 0. The third kappa shape index (κ3) is 10.9. The summed E-state index contributed by atoms with van der Waals surface area (Å²) in [7, 11) is 1.08. The van der Waals surface area contributed by atoms with Crippen LogP contribution in [0.4, 0.5) is 0 Å². The second-order valence-electron chi connectivity index (χ2n) is 4.35. The molecule has 0 aliphatic rings. The molecule has 1 amide bonds. The van der Waals surface area contributed by atoms with Crippen molar-refractivity contribution in [2.24, 2.45) is 0 Å². The van der Waals surface area contributed by atoms with Gasteiger partial charge in [-0.2, -0.15) is 17.5 Å². The van der Waals surface area contributed by atoms with Crippen molar-refractivity contribution in [3.05, 3.63) is 84.1 Å². The Morgan fingerprint density at radius 3 is 1.88 bits per heavy atom. The maximum absolute atomic E-state index is 10.3. The van der Waals surface area contributed by atoms with Crippen LogP contribution in [0.5, 0.6) is 0 Å². The van der Waals surface area contributed by atoms with Gasteiger partial charge in [0, 0.05) is 9.52 Å². The molecular weight excluding hydrogens is 524 g/mol. The number of rotatable bonds is 1. The van der Waals surface area contributed by atoms with Crippen LogP contribution >= 0.6 is 0 Å². The van der Waals surface area contributed by atoms with Crippen molar-refractivity contribution in [3.8, 4) is 0 Å². The Balaban J connectivity index is -0.000000286. The number of nitrogens with one attached hydrogen (secondary N) is 1. The van der Waals surface area contributed by atoms with Crippen molar-refractivity contribution in [1.29, 1.82) is 0 Å². The zero-order chi connectivity index (χ0) is 15.5. The van der Waals surface area contributed by atoms with E-state index in [0.717, 1.165) is 9.52 Å². The van der Waals surface area contributed by atoms with Crippen molar-refractivity contribution in [2.75, 3.05) is 0 Å². The van der Waals surface area contributed by atoms with E-state index in [2.05, 4.69) is 55.6 Å². The van der Waals surface area contributed by atoms with E-state index in [1.165, 1.54) is 10.8 Å². The van der Waals surface area contributed by atoms with Gasteiger partial charge < -0.3 is 35.3 Å². The van der Waals surface area contributed by atoms with Crippen LogP contribution in [-0.4, -0.2) is 15.4 Å². The van der Waals surface area contributed by atoms with Crippen LogP contribution < -0.4 is 24.8 Å². The first-order chi connectivity index (χ1) is 10.2. The molecule has 0 bridgehead atoms. The van der Waals surface area contributed by atoms with Gasteiger partial charge in [0.25, 0.3) is 0 Å². The minimum Gasteiger partial charge on any atom is -1.00 e. The second-order valence-corrected chi connectivity index (χ2v) is 5.35. The average Bonchev–Trinajstić information content (AvgIpc) is 2.98. The van der Waals surface area contributed by atoms with Gasteiger partial charge in [-0.05, 0) is 5.56 Å². The number of hydrogen-bond donors (Lipinski definition) is 0. The number of benzene rings is 2. The molecule has 2 nitrogen and oxygen atoms in total. The van der Waals surface area contributed by atoms with Crippen LogP contribution in [0.25, 0.3) is 16.5 Å². The Morgan fingerprint density at radius 2 is 1.42 bits per heavy atom. The number of halogens is 2. The molecule has 3 rings (SSSR count). The van der Waals surface area contributed by atoms with Gasteiger partial charge in [0.2, 0.25) is 0 Å². The van der Waals surface area contributed by atoms with E-state index in [4.69, 9.17) is 5.73 Å². The first-order valence-corrected chi connectivity index (χ1v) is 8.69. The van der Waals surface area contributed by atoms with Crippen LogP contribution in [0.2, 0.25) is 13.1 Å². The first kappa shape index (κ1) is 28.0. The van der Waals surface area contributed by atoms with E-state index >= 15 is 0 Å². The van der Waals surface area contributed by atoms with Gasteiger partial charge in [-0.25, -0.2) is 0 Å². The molecule has 3 aromatic carbocycles. The van der Waals surface area contributed by atoms with Crippen molar-refractivity contribution in [2.45, 2.75) is 13.1 Å². The number of amides is 1. The maximum atomic E-state index is 10.3. The van der Waals surface area contributed by atoms with Crippen LogP contribution in [0.1, 0.15) is 10.4 Å². The predicted molar refractivity (Wildman–Crippen MR) is 92.1 cm³/mol. The molecule has 124 valence electrons. The van der Waals surface area contributed by atoms with Gasteiger partial charge >= 0.3 is 25.8 Å². The molecule has 0 fully saturated rings. The third-order valence-corrected chi connectivity index (χ3v) is 2.58. The molecule has 0 aliphatic heterocycles. The van der Waals surface area contributed by atoms with Crippen LogP contribution in [0, 0.1) is 0 Å². The quantitative estimate of drug-likeness (QED) is 0.294. The zero-order valence-corrected chi connectivity index (χ0v) is 19.7. The predicted octanol–water partition coefficient (Wildman–Crippen LogP) is -0.770. The van der Waals surface area contributed by atoms with Gasteiger partial charge in [-0.3, -0.25) is 0 Å². The largest absolute Gasteiger partial charge is 4.00 e. The average molecular weight is 543 g/mol. The van der Waals surface area contributed by atoms with Crippen molar-refractivity contribution in [1.82, 2.24) is 0 Å². The summed E-state index contributed by atoms with van der Waals surface area (Å²) in [5.41, 5.74) is 7.12. The molecule has 1 N–H and O–H groups in total. The molecular formula is C18H19Cl2HfNOSi. The molecule has 2 radical (unpaired) electrons. The standard InChI is InChI=1S/C9H7.C7H7NO.C2H6Si.2ClH.Hf/c1-2-5-9-7-3-6-8(9)4-1;8-7(9)6-4-2-1-3-5-6;1-3-2;;;/h1-7H;1-5H,(H2,8,9);1-2H3;2*1H;/q-1;;;;;+4/p-3. The molecule has 0 saturated heterocycles. The van der Waals surface area contributed by atoms with E-state index in [9.17, 15) is 4.79 Å².